The van der Waals surface area contributed by atoms with Crippen molar-refractivity contribution < 1.29 is 14.3 Å². The number of rotatable bonds is 7. The Kier molecular flexibility index (Phi) is 7.15. The molecule has 2 rings (SSSR count). The highest BCUT2D eigenvalue weighted by Gasteiger charge is 2.13. The third-order valence-corrected chi connectivity index (χ3v) is 4.33. The van der Waals surface area contributed by atoms with Crippen molar-refractivity contribution in [2.45, 2.75) is 12.7 Å². The number of carbonyl (C=O) groups is 2. The monoisotopic (exact) mass is 363 g/mol. The lowest BCUT2D eigenvalue weighted by atomic mass is 10.2. The number of anilines is 1. The second-order valence-corrected chi connectivity index (χ2v) is 6.36. The molecule has 126 valence electrons. The van der Waals surface area contributed by atoms with Gasteiger partial charge < -0.3 is 10.1 Å². The molecule has 0 spiro atoms. The van der Waals surface area contributed by atoms with Crippen LogP contribution in [0.3, 0.4) is 0 Å². The minimum atomic E-state index is -0.444. The number of thioether (sulfide) groups is 1. The fraction of sp³-hybridized carbons (Fsp3) is 0.222. The molecule has 2 aromatic rings. The van der Waals surface area contributed by atoms with Gasteiger partial charge in [0.05, 0.1) is 23.6 Å². The van der Waals surface area contributed by atoms with Gasteiger partial charge in [0, 0.05) is 10.8 Å². The average Bonchev–Trinajstić information content (AvgIpc) is 2.55. The van der Waals surface area contributed by atoms with Crippen LogP contribution in [0.1, 0.15) is 22.8 Å². The smallest absolute Gasteiger partial charge is 0.340 e. The minimum Gasteiger partial charge on any atom is -0.462 e. The lowest BCUT2D eigenvalue weighted by Gasteiger charge is -2.10. The summed E-state index contributed by atoms with van der Waals surface area (Å²) in [4.78, 5) is 24.0. The van der Waals surface area contributed by atoms with Crippen LogP contribution >= 0.6 is 23.4 Å². The number of halogens is 1. The molecule has 0 aliphatic carbocycles. The van der Waals surface area contributed by atoms with E-state index in [0.29, 0.717) is 22.0 Å². The van der Waals surface area contributed by atoms with Gasteiger partial charge in [-0.05, 0) is 36.8 Å². The fourth-order valence-electron chi connectivity index (χ4n) is 2.05. The Morgan fingerprint density at radius 3 is 2.71 bits per heavy atom. The molecule has 0 saturated carbocycles. The molecule has 0 fully saturated rings. The number of esters is 1. The van der Waals surface area contributed by atoms with E-state index in [1.165, 1.54) is 11.8 Å². The standard InChI is InChI=1S/C18H18ClNO3S/c1-2-23-18(22)15-8-3-4-9-16(15)20-17(21)12-24-11-13-6-5-7-14(19)10-13/h3-10H,2,11-12H2,1H3,(H,20,21). The van der Waals surface area contributed by atoms with Crippen LogP contribution in [0.15, 0.2) is 48.5 Å². The number of carbonyl (C=O) groups excluding carboxylic acids is 2. The van der Waals surface area contributed by atoms with Gasteiger partial charge in [-0.15, -0.1) is 11.8 Å². The second-order valence-electron chi connectivity index (χ2n) is 4.94. The van der Waals surface area contributed by atoms with Crippen LogP contribution in [0.4, 0.5) is 5.69 Å². The van der Waals surface area contributed by atoms with Crippen molar-refractivity contribution in [2.75, 3.05) is 17.7 Å². The Balaban J connectivity index is 1.89. The van der Waals surface area contributed by atoms with E-state index in [1.807, 2.05) is 24.3 Å². The molecular weight excluding hydrogens is 346 g/mol. The van der Waals surface area contributed by atoms with Crippen molar-refractivity contribution in [3.63, 3.8) is 0 Å². The third kappa shape index (κ3) is 5.58. The van der Waals surface area contributed by atoms with E-state index in [2.05, 4.69) is 5.32 Å². The number of para-hydroxylation sites is 1. The summed E-state index contributed by atoms with van der Waals surface area (Å²) in [6.45, 7) is 2.03. The first kappa shape index (κ1) is 18.4. The minimum absolute atomic E-state index is 0.168. The predicted octanol–water partition coefficient (Wildman–Crippen LogP) is 4.39. The van der Waals surface area contributed by atoms with Gasteiger partial charge in [0.15, 0.2) is 0 Å². The molecular formula is C18H18ClNO3S. The highest BCUT2D eigenvalue weighted by atomic mass is 35.5. The van der Waals surface area contributed by atoms with E-state index in [4.69, 9.17) is 16.3 Å². The van der Waals surface area contributed by atoms with Crippen molar-refractivity contribution >= 4 is 40.9 Å². The number of amides is 1. The topological polar surface area (TPSA) is 55.4 Å². The average molecular weight is 364 g/mol. The molecule has 0 radical (unpaired) electrons. The highest BCUT2D eigenvalue weighted by Crippen LogP contribution is 2.19. The van der Waals surface area contributed by atoms with Gasteiger partial charge in [0.25, 0.3) is 0 Å². The van der Waals surface area contributed by atoms with Crippen molar-refractivity contribution in [1.82, 2.24) is 0 Å². The Bertz CT molecular complexity index is 721. The summed E-state index contributed by atoms with van der Waals surface area (Å²) in [5, 5.41) is 3.44. The van der Waals surface area contributed by atoms with Crippen molar-refractivity contribution in [2.24, 2.45) is 0 Å². The summed E-state index contributed by atoms with van der Waals surface area (Å²) in [5.41, 5.74) is 1.88. The third-order valence-electron chi connectivity index (χ3n) is 3.09. The van der Waals surface area contributed by atoms with Gasteiger partial charge in [-0.2, -0.15) is 0 Å². The van der Waals surface area contributed by atoms with E-state index in [9.17, 15) is 9.59 Å². The van der Waals surface area contributed by atoms with Gasteiger partial charge >= 0.3 is 5.97 Å². The van der Waals surface area contributed by atoms with Crippen LogP contribution in [0, 0.1) is 0 Å². The molecule has 0 atom stereocenters. The number of benzene rings is 2. The molecule has 0 bridgehead atoms. The summed E-state index contributed by atoms with van der Waals surface area (Å²) >= 11 is 7.41. The Morgan fingerprint density at radius 1 is 1.17 bits per heavy atom. The van der Waals surface area contributed by atoms with E-state index in [0.717, 1.165) is 5.56 Å². The molecule has 24 heavy (non-hydrogen) atoms. The summed E-state index contributed by atoms with van der Waals surface area (Å²) in [6.07, 6.45) is 0. The number of hydrogen-bond donors (Lipinski definition) is 1. The van der Waals surface area contributed by atoms with E-state index < -0.39 is 5.97 Å². The molecule has 0 aromatic heterocycles. The second kappa shape index (κ2) is 9.35. The number of ether oxygens (including phenoxy) is 1. The zero-order valence-corrected chi connectivity index (χ0v) is 14.8. The first-order valence-corrected chi connectivity index (χ1v) is 9.01. The maximum absolute atomic E-state index is 12.1. The van der Waals surface area contributed by atoms with Crippen LogP contribution in [-0.2, 0) is 15.3 Å². The van der Waals surface area contributed by atoms with Crippen LogP contribution < -0.4 is 5.32 Å². The maximum atomic E-state index is 12.1. The Labute approximate surface area is 150 Å². The van der Waals surface area contributed by atoms with Crippen LogP contribution in [-0.4, -0.2) is 24.2 Å². The fourth-order valence-corrected chi connectivity index (χ4v) is 3.04. The molecule has 4 nitrogen and oxygen atoms in total. The molecule has 2 aromatic carbocycles. The maximum Gasteiger partial charge on any atom is 0.340 e. The van der Waals surface area contributed by atoms with Gasteiger partial charge in [0.2, 0.25) is 5.91 Å². The molecule has 0 heterocycles. The van der Waals surface area contributed by atoms with Crippen molar-refractivity contribution in [3.8, 4) is 0 Å². The quantitative estimate of drug-likeness (QED) is 0.741. The van der Waals surface area contributed by atoms with Gasteiger partial charge in [-0.3, -0.25) is 4.79 Å². The molecule has 1 N–H and O–H groups in total. The van der Waals surface area contributed by atoms with Crippen LogP contribution in [0.5, 0.6) is 0 Å². The van der Waals surface area contributed by atoms with Crippen LogP contribution in [0.25, 0.3) is 0 Å². The molecule has 0 aliphatic rings. The summed E-state index contributed by atoms with van der Waals surface area (Å²) < 4.78 is 4.99. The van der Waals surface area contributed by atoms with E-state index in [1.54, 1.807) is 31.2 Å². The van der Waals surface area contributed by atoms with Gasteiger partial charge in [0.1, 0.15) is 0 Å². The zero-order chi connectivity index (χ0) is 17.4. The highest BCUT2D eigenvalue weighted by molar-refractivity contribution is 7.99. The van der Waals surface area contributed by atoms with Crippen molar-refractivity contribution in [1.29, 1.82) is 0 Å². The number of nitrogens with one attached hydrogen (secondary N) is 1. The molecule has 1 amide bonds. The molecule has 0 saturated heterocycles. The Morgan fingerprint density at radius 2 is 1.96 bits per heavy atom. The van der Waals surface area contributed by atoms with Gasteiger partial charge in [-0.25, -0.2) is 4.79 Å². The van der Waals surface area contributed by atoms with Crippen molar-refractivity contribution in [3.05, 3.63) is 64.7 Å². The Hall–Kier alpha value is -1.98. The number of hydrogen-bond acceptors (Lipinski definition) is 4. The summed E-state index contributed by atoms with van der Waals surface area (Å²) in [6, 6.07) is 14.4. The predicted molar refractivity (Wildman–Crippen MR) is 98.6 cm³/mol. The van der Waals surface area contributed by atoms with E-state index >= 15 is 0 Å². The zero-order valence-electron chi connectivity index (χ0n) is 13.3. The van der Waals surface area contributed by atoms with Crippen LogP contribution in [0.2, 0.25) is 5.02 Å². The van der Waals surface area contributed by atoms with Gasteiger partial charge in [-0.1, -0.05) is 35.9 Å². The van der Waals surface area contributed by atoms with E-state index in [-0.39, 0.29) is 18.3 Å². The molecule has 0 aliphatic heterocycles. The lowest BCUT2D eigenvalue weighted by Crippen LogP contribution is -2.17. The largest absolute Gasteiger partial charge is 0.462 e. The first-order valence-electron chi connectivity index (χ1n) is 7.48. The molecule has 0 unspecified atom stereocenters. The SMILES string of the molecule is CCOC(=O)c1ccccc1NC(=O)CSCc1cccc(Cl)c1. The normalized spacial score (nSPS) is 10.2. The summed E-state index contributed by atoms with van der Waals surface area (Å²) in [5.74, 6) is 0.357. The lowest BCUT2D eigenvalue weighted by molar-refractivity contribution is -0.113. The summed E-state index contributed by atoms with van der Waals surface area (Å²) in [7, 11) is 0. The molecule has 6 heteroatoms. The first-order chi connectivity index (χ1) is 11.6.